The number of hydrogen-bond acceptors (Lipinski definition) is 3. The van der Waals surface area contributed by atoms with E-state index in [9.17, 15) is 5.11 Å². The van der Waals surface area contributed by atoms with Gasteiger partial charge in [-0.05, 0) is 31.4 Å². The monoisotopic (exact) mass is 193 g/mol. The van der Waals surface area contributed by atoms with Crippen molar-refractivity contribution in [3.8, 4) is 5.75 Å². The Balaban J connectivity index is 2.03. The van der Waals surface area contributed by atoms with E-state index in [2.05, 4.69) is 0 Å². The molecule has 0 bridgehead atoms. The summed E-state index contributed by atoms with van der Waals surface area (Å²) in [6, 6.07) is 7.32. The normalized spacial score (nSPS) is 26.4. The molecule has 1 aromatic rings. The Labute approximate surface area is 83.5 Å². The molecule has 76 valence electrons. The lowest BCUT2D eigenvalue weighted by Crippen LogP contribution is -2.25. The third-order valence-electron chi connectivity index (χ3n) is 2.56. The van der Waals surface area contributed by atoms with E-state index in [0.717, 1.165) is 25.0 Å². The molecule has 0 aliphatic heterocycles. The molecule has 1 aromatic carbocycles. The smallest absolute Gasteiger partial charge is 0.124 e. The summed E-state index contributed by atoms with van der Waals surface area (Å²) in [5.74, 6) is 0.746. The van der Waals surface area contributed by atoms with Crippen molar-refractivity contribution in [3.63, 3.8) is 0 Å². The third-order valence-corrected chi connectivity index (χ3v) is 2.56. The van der Waals surface area contributed by atoms with Crippen molar-refractivity contribution in [2.45, 2.75) is 31.5 Å². The highest BCUT2D eigenvalue weighted by Crippen LogP contribution is 2.25. The average Bonchev–Trinajstić information content (AvgIpc) is 2.52. The number of nitrogens with two attached hydrogens (primary N) is 1. The maximum absolute atomic E-state index is 9.56. The van der Waals surface area contributed by atoms with Crippen LogP contribution < -0.4 is 10.5 Å². The molecule has 0 saturated heterocycles. The van der Waals surface area contributed by atoms with Crippen molar-refractivity contribution >= 4 is 5.69 Å². The number of benzene rings is 1. The summed E-state index contributed by atoms with van der Waals surface area (Å²) in [7, 11) is 0. The Bertz CT molecular complexity index is 314. The first-order chi connectivity index (χ1) is 6.75. The molecule has 0 aromatic heterocycles. The minimum Gasteiger partial charge on any atom is -0.488 e. The molecular formula is C11H15NO2. The van der Waals surface area contributed by atoms with Crippen LogP contribution in [0.2, 0.25) is 0 Å². The van der Waals surface area contributed by atoms with Crippen molar-refractivity contribution in [3.05, 3.63) is 24.3 Å². The number of nitrogen functional groups attached to an aromatic ring is 1. The van der Waals surface area contributed by atoms with Crippen LogP contribution in [-0.4, -0.2) is 17.3 Å². The van der Waals surface area contributed by atoms with E-state index in [1.54, 1.807) is 6.07 Å². The molecule has 3 N–H and O–H groups in total. The second-order valence-corrected chi connectivity index (χ2v) is 3.73. The predicted molar refractivity (Wildman–Crippen MR) is 55.1 cm³/mol. The molecule has 0 spiro atoms. The van der Waals surface area contributed by atoms with Crippen molar-refractivity contribution < 1.29 is 9.84 Å². The number of aliphatic hydroxyl groups is 1. The summed E-state index contributed by atoms with van der Waals surface area (Å²) in [5, 5.41) is 9.56. The Morgan fingerprint density at radius 1 is 1.36 bits per heavy atom. The molecule has 3 heteroatoms. The molecule has 0 radical (unpaired) electrons. The van der Waals surface area contributed by atoms with Gasteiger partial charge in [0, 0.05) is 11.8 Å². The molecule has 0 amide bonds. The van der Waals surface area contributed by atoms with E-state index in [4.69, 9.17) is 10.5 Å². The van der Waals surface area contributed by atoms with Crippen LogP contribution in [0.4, 0.5) is 5.69 Å². The van der Waals surface area contributed by atoms with E-state index >= 15 is 0 Å². The lowest BCUT2D eigenvalue weighted by molar-refractivity contribution is 0.0604. The first kappa shape index (κ1) is 9.34. The molecule has 1 saturated carbocycles. The Hall–Kier alpha value is -1.22. The Morgan fingerprint density at radius 3 is 2.86 bits per heavy atom. The van der Waals surface area contributed by atoms with Crippen LogP contribution in [0.3, 0.4) is 0 Å². The average molecular weight is 193 g/mol. The van der Waals surface area contributed by atoms with Gasteiger partial charge in [0.1, 0.15) is 11.9 Å². The van der Waals surface area contributed by atoms with Crippen LogP contribution in [0.1, 0.15) is 19.3 Å². The van der Waals surface area contributed by atoms with Gasteiger partial charge in [0.05, 0.1) is 6.10 Å². The molecular weight excluding hydrogens is 178 g/mol. The van der Waals surface area contributed by atoms with E-state index in [1.165, 1.54) is 0 Å². The summed E-state index contributed by atoms with van der Waals surface area (Å²) in [6.07, 6.45) is 2.42. The zero-order chi connectivity index (χ0) is 9.97. The lowest BCUT2D eigenvalue weighted by atomic mass is 10.2. The van der Waals surface area contributed by atoms with Gasteiger partial charge < -0.3 is 15.6 Å². The van der Waals surface area contributed by atoms with E-state index in [1.807, 2.05) is 18.2 Å². The minimum atomic E-state index is -0.323. The zero-order valence-corrected chi connectivity index (χ0v) is 8.02. The largest absolute Gasteiger partial charge is 0.488 e. The lowest BCUT2D eigenvalue weighted by Gasteiger charge is -2.17. The second kappa shape index (κ2) is 3.88. The third kappa shape index (κ3) is 1.99. The number of aliphatic hydroxyl groups excluding tert-OH is 1. The van der Waals surface area contributed by atoms with Gasteiger partial charge in [0.25, 0.3) is 0 Å². The minimum absolute atomic E-state index is 0.0585. The van der Waals surface area contributed by atoms with Gasteiger partial charge in [-0.15, -0.1) is 0 Å². The molecule has 1 aliphatic carbocycles. The van der Waals surface area contributed by atoms with Crippen molar-refractivity contribution in [2.24, 2.45) is 0 Å². The summed E-state index contributed by atoms with van der Waals surface area (Å²) >= 11 is 0. The van der Waals surface area contributed by atoms with Gasteiger partial charge in [-0.2, -0.15) is 0 Å². The quantitative estimate of drug-likeness (QED) is 0.701. The Kier molecular flexibility index (Phi) is 2.59. The van der Waals surface area contributed by atoms with Crippen molar-refractivity contribution in [1.29, 1.82) is 0 Å². The molecule has 14 heavy (non-hydrogen) atoms. The molecule has 3 nitrogen and oxygen atoms in total. The van der Waals surface area contributed by atoms with Crippen LogP contribution in [0, 0.1) is 0 Å². The van der Waals surface area contributed by atoms with Crippen molar-refractivity contribution in [1.82, 2.24) is 0 Å². The van der Waals surface area contributed by atoms with Gasteiger partial charge in [-0.25, -0.2) is 0 Å². The van der Waals surface area contributed by atoms with Crippen molar-refractivity contribution in [2.75, 3.05) is 5.73 Å². The number of hydrogen-bond donors (Lipinski definition) is 2. The molecule has 2 unspecified atom stereocenters. The van der Waals surface area contributed by atoms with E-state index in [-0.39, 0.29) is 12.2 Å². The van der Waals surface area contributed by atoms with Crippen LogP contribution in [0.5, 0.6) is 5.75 Å². The standard InChI is InChI=1S/C11H15NO2/c12-8-3-1-4-9(7-8)14-11-6-2-5-10(11)13/h1,3-4,7,10-11,13H,2,5-6,12H2. The summed E-state index contributed by atoms with van der Waals surface area (Å²) < 4.78 is 5.64. The Morgan fingerprint density at radius 2 is 2.21 bits per heavy atom. The van der Waals surface area contributed by atoms with Crippen LogP contribution in [0.15, 0.2) is 24.3 Å². The van der Waals surface area contributed by atoms with E-state index < -0.39 is 0 Å². The fraction of sp³-hybridized carbons (Fsp3) is 0.455. The number of anilines is 1. The molecule has 1 fully saturated rings. The van der Waals surface area contributed by atoms with E-state index in [0.29, 0.717) is 5.69 Å². The summed E-state index contributed by atoms with van der Waals surface area (Å²) in [4.78, 5) is 0. The zero-order valence-electron chi connectivity index (χ0n) is 8.02. The fourth-order valence-electron chi connectivity index (χ4n) is 1.81. The first-order valence-electron chi connectivity index (χ1n) is 4.96. The topological polar surface area (TPSA) is 55.5 Å². The molecule has 1 aliphatic rings. The fourth-order valence-corrected chi connectivity index (χ4v) is 1.81. The predicted octanol–water partition coefficient (Wildman–Crippen LogP) is 1.56. The first-order valence-corrected chi connectivity index (χ1v) is 4.96. The highest BCUT2D eigenvalue weighted by Gasteiger charge is 2.26. The van der Waals surface area contributed by atoms with Crippen LogP contribution in [-0.2, 0) is 0 Å². The van der Waals surface area contributed by atoms with Gasteiger partial charge >= 0.3 is 0 Å². The summed E-state index contributed by atoms with van der Waals surface area (Å²) in [5.41, 5.74) is 6.31. The van der Waals surface area contributed by atoms with Gasteiger partial charge in [0.2, 0.25) is 0 Å². The molecule has 0 heterocycles. The highest BCUT2D eigenvalue weighted by molar-refractivity contribution is 5.43. The van der Waals surface area contributed by atoms with Gasteiger partial charge in [0.15, 0.2) is 0 Å². The number of ether oxygens (including phenoxy) is 1. The van der Waals surface area contributed by atoms with Gasteiger partial charge in [-0.1, -0.05) is 6.07 Å². The second-order valence-electron chi connectivity index (χ2n) is 3.73. The number of rotatable bonds is 2. The van der Waals surface area contributed by atoms with Gasteiger partial charge in [-0.3, -0.25) is 0 Å². The SMILES string of the molecule is Nc1cccc(OC2CCCC2O)c1. The summed E-state index contributed by atoms with van der Waals surface area (Å²) in [6.45, 7) is 0. The molecule has 2 atom stereocenters. The van der Waals surface area contributed by atoms with Crippen LogP contribution in [0.25, 0.3) is 0 Å². The van der Waals surface area contributed by atoms with Crippen LogP contribution >= 0.6 is 0 Å². The maximum atomic E-state index is 9.56. The maximum Gasteiger partial charge on any atom is 0.124 e. The molecule has 2 rings (SSSR count). The highest BCUT2D eigenvalue weighted by atomic mass is 16.5.